The molecule has 1 amide bonds. The lowest BCUT2D eigenvalue weighted by Gasteiger charge is -2.25. The second-order valence-corrected chi connectivity index (χ2v) is 4.61. The Kier molecular flexibility index (Phi) is 6.75. The van der Waals surface area contributed by atoms with E-state index >= 15 is 0 Å². The van der Waals surface area contributed by atoms with Crippen LogP contribution in [-0.4, -0.2) is 36.6 Å². The summed E-state index contributed by atoms with van der Waals surface area (Å²) >= 11 is 0. The highest BCUT2D eigenvalue weighted by molar-refractivity contribution is 5.82. The summed E-state index contributed by atoms with van der Waals surface area (Å²) in [7, 11) is 0. The molecule has 0 aromatic heterocycles. The fourth-order valence-corrected chi connectivity index (χ4v) is 1.92. The van der Waals surface area contributed by atoms with Crippen molar-refractivity contribution in [2.24, 2.45) is 0 Å². The Balaban J connectivity index is 2.73. The fourth-order valence-electron chi connectivity index (χ4n) is 1.92. The van der Waals surface area contributed by atoms with Crippen molar-refractivity contribution in [1.29, 1.82) is 5.26 Å². The Hall–Kier alpha value is -2.55. The molecule has 0 fully saturated rings. The van der Waals surface area contributed by atoms with Gasteiger partial charge in [0.05, 0.1) is 25.5 Å². The first kappa shape index (κ1) is 16.5. The summed E-state index contributed by atoms with van der Waals surface area (Å²) in [4.78, 5) is 24.3. The number of aryl methyl sites for hydroxylation is 1. The lowest BCUT2D eigenvalue weighted by Crippen LogP contribution is -2.39. The number of hydrogen-bond donors (Lipinski definition) is 2. The number of rotatable bonds is 8. The molecule has 0 radical (unpaired) electrons. The maximum absolute atomic E-state index is 11.8. The first-order valence-corrected chi connectivity index (χ1v) is 6.70. The first-order valence-electron chi connectivity index (χ1n) is 6.70. The van der Waals surface area contributed by atoms with Crippen LogP contribution in [-0.2, 0) is 9.59 Å². The Morgan fingerprint density at radius 3 is 2.71 bits per heavy atom. The molecule has 1 aromatic carbocycles. The maximum Gasteiger partial charge on any atom is 0.305 e. The lowest BCUT2D eigenvalue weighted by molar-refractivity contribution is -0.136. The quantitative estimate of drug-likeness (QED) is 0.704. The van der Waals surface area contributed by atoms with E-state index in [1.165, 1.54) is 0 Å². The van der Waals surface area contributed by atoms with Gasteiger partial charge in [0.2, 0.25) is 5.91 Å². The number of benzene rings is 1. The average Bonchev–Trinajstić information content (AvgIpc) is 2.44. The van der Waals surface area contributed by atoms with Gasteiger partial charge in [0.1, 0.15) is 0 Å². The second-order valence-electron chi connectivity index (χ2n) is 4.61. The molecular formula is C15H19N3O3. The minimum absolute atomic E-state index is 0.0419. The monoisotopic (exact) mass is 289 g/mol. The van der Waals surface area contributed by atoms with Crippen LogP contribution in [0.5, 0.6) is 0 Å². The molecule has 0 spiro atoms. The van der Waals surface area contributed by atoms with Gasteiger partial charge < -0.3 is 15.3 Å². The van der Waals surface area contributed by atoms with Crippen LogP contribution in [0.4, 0.5) is 5.69 Å². The number of nitriles is 1. The minimum Gasteiger partial charge on any atom is -0.481 e. The highest BCUT2D eigenvalue weighted by Crippen LogP contribution is 2.19. The number of carboxylic acids is 1. The second kappa shape index (κ2) is 8.59. The van der Waals surface area contributed by atoms with Crippen molar-refractivity contribution in [2.75, 3.05) is 24.5 Å². The molecule has 0 unspecified atom stereocenters. The molecule has 1 aromatic rings. The van der Waals surface area contributed by atoms with Gasteiger partial charge in [0, 0.05) is 18.8 Å². The number of carbonyl (C=O) groups is 2. The van der Waals surface area contributed by atoms with Crippen LogP contribution in [0.3, 0.4) is 0 Å². The molecular weight excluding hydrogens is 270 g/mol. The maximum atomic E-state index is 11.8. The van der Waals surface area contributed by atoms with E-state index in [0.717, 1.165) is 11.3 Å². The molecule has 0 saturated heterocycles. The average molecular weight is 289 g/mol. The van der Waals surface area contributed by atoms with Gasteiger partial charge in [-0.2, -0.15) is 5.26 Å². The van der Waals surface area contributed by atoms with Crippen molar-refractivity contribution in [3.05, 3.63) is 29.8 Å². The Labute approximate surface area is 124 Å². The zero-order valence-electron chi connectivity index (χ0n) is 12.0. The van der Waals surface area contributed by atoms with Gasteiger partial charge in [-0.05, 0) is 18.6 Å². The number of carboxylic acid groups (broad SMARTS) is 1. The van der Waals surface area contributed by atoms with Crippen LogP contribution in [0.25, 0.3) is 0 Å². The number of amides is 1. The van der Waals surface area contributed by atoms with E-state index in [2.05, 4.69) is 5.32 Å². The van der Waals surface area contributed by atoms with Crippen LogP contribution < -0.4 is 10.2 Å². The summed E-state index contributed by atoms with van der Waals surface area (Å²) in [6.07, 6.45) is 0.213. The number of hydrogen-bond acceptors (Lipinski definition) is 4. The molecule has 0 saturated carbocycles. The normalized spacial score (nSPS) is 9.71. The highest BCUT2D eigenvalue weighted by atomic mass is 16.4. The standard InChI is InChI=1S/C15H19N3O3/c1-12-5-2-3-6-13(12)18(10-7-15(20)21)11-14(19)17-9-4-8-16/h2-3,5-6H,4,7,9-11H2,1H3,(H,17,19)(H,20,21). The van der Waals surface area contributed by atoms with E-state index in [4.69, 9.17) is 10.4 Å². The summed E-state index contributed by atoms with van der Waals surface area (Å²) in [5.74, 6) is -1.13. The van der Waals surface area contributed by atoms with E-state index < -0.39 is 5.97 Å². The molecule has 6 heteroatoms. The predicted octanol–water partition coefficient (Wildman–Crippen LogP) is 1.31. The van der Waals surface area contributed by atoms with Crippen LogP contribution in [0.2, 0.25) is 0 Å². The van der Waals surface area contributed by atoms with Crippen molar-refractivity contribution >= 4 is 17.6 Å². The van der Waals surface area contributed by atoms with Gasteiger partial charge >= 0.3 is 5.97 Å². The lowest BCUT2D eigenvalue weighted by atomic mass is 10.1. The van der Waals surface area contributed by atoms with Gasteiger partial charge in [-0.3, -0.25) is 9.59 Å². The largest absolute Gasteiger partial charge is 0.481 e. The number of carbonyl (C=O) groups excluding carboxylic acids is 1. The van der Waals surface area contributed by atoms with E-state index in [9.17, 15) is 9.59 Å². The molecule has 2 N–H and O–H groups in total. The summed E-state index contributed by atoms with van der Waals surface area (Å²) in [5.41, 5.74) is 1.82. The molecule has 0 aliphatic rings. The summed E-state index contributed by atoms with van der Waals surface area (Å²) in [6, 6.07) is 9.47. The molecule has 0 heterocycles. The molecule has 6 nitrogen and oxygen atoms in total. The molecule has 1 rings (SSSR count). The number of anilines is 1. The third-order valence-electron chi connectivity index (χ3n) is 2.95. The molecule has 0 atom stereocenters. The third kappa shape index (κ3) is 5.95. The Morgan fingerprint density at radius 1 is 1.38 bits per heavy atom. The molecule has 21 heavy (non-hydrogen) atoms. The third-order valence-corrected chi connectivity index (χ3v) is 2.95. The van der Waals surface area contributed by atoms with Crippen LogP contribution >= 0.6 is 0 Å². The smallest absolute Gasteiger partial charge is 0.305 e. The summed E-state index contributed by atoms with van der Waals surface area (Å²) in [6.45, 7) is 2.54. The molecule has 0 bridgehead atoms. The highest BCUT2D eigenvalue weighted by Gasteiger charge is 2.14. The van der Waals surface area contributed by atoms with Gasteiger partial charge in [-0.25, -0.2) is 0 Å². The minimum atomic E-state index is -0.904. The molecule has 0 aliphatic carbocycles. The van der Waals surface area contributed by atoms with Crippen molar-refractivity contribution in [1.82, 2.24) is 5.32 Å². The van der Waals surface area contributed by atoms with Gasteiger partial charge in [-0.1, -0.05) is 18.2 Å². The Morgan fingerprint density at radius 2 is 2.10 bits per heavy atom. The van der Waals surface area contributed by atoms with Crippen molar-refractivity contribution in [3.8, 4) is 6.07 Å². The fraction of sp³-hybridized carbons (Fsp3) is 0.400. The number of para-hydroxylation sites is 1. The SMILES string of the molecule is Cc1ccccc1N(CCC(=O)O)CC(=O)NCCC#N. The van der Waals surface area contributed by atoms with Crippen LogP contribution in [0, 0.1) is 18.3 Å². The van der Waals surface area contributed by atoms with Crippen LogP contribution in [0.15, 0.2) is 24.3 Å². The molecule has 112 valence electrons. The number of nitrogens with zero attached hydrogens (tertiary/aromatic N) is 2. The van der Waals surface area contributed by atoms with Crippen LogP contribution in [0.1, 0.15) is 18.4 Å². The molecule has 0 aliphatic heterocycles. The van der Waals surface area contributed by atoms with Gasteiger partial charge in [-0.15, -0.1) is 0 Å². The number of aliphatic carboxylic acids is 1. The Bertz CT molecular complexity index is 537. The predicted molar refractivity (Wildman–Crippen MR) is 78.9 cm³/mol. The van der Waals surface area contributed by atoms with Gasteiger partial charge in [0.15, 0.2) is 0 Å². The van der Waals surface area contributed by atoms with E-state index in [1.807, 2.05) is 37.3 Å². The van der Waals surface area contributed by atoms with E-state index in [0.29, 0.717) is 6.54 Å². The van der Waals surface area contributed by atoms with Gasteiger partial charge in [0.25, 0.3) is 0 Å². The topological polar surface area (TPSA) is 93.4 Å². The zero-order chi connectivity index (χ0) is 15.7. The van der Waals surface area contributed by atoms with E-state index in [1.54, 1.807) is 4.90 Å². The van der Waals surface area contributed by atoms with E-state index in [-0.39, 0.29) is 31.8 Å². The zero-order valence-corrected chi connectivity index (χ0v) is 12.0. The number of nitrogens with one attached hydrogen (secondary N) is 1. The first-order chi connectivity index (χ1) is 10.0. The van der Waals surface area contributed by atoms with Crippen molar-refractivity contribution in [2.45, 2.75) is 19.8 Å². The van der Waals surface area contributed by atoms with Crippen molar-refractivity contribution < 1.29 is 14.7 Å². The van der Waals surface area contributed by atoms with Crippen molar-refractivity contribution in [3.63, 3.8) is 0 Å². The summed E-state index contributed by atoms with van der Waals surface area (Å²) < 4.78 is 0. The summed E-state index contributed by atoms with van der Waals surface area (Å²) in [5, 5.41) is 19.9.